The molecule has 11 heavy (non-hydrogen) atoms. The van der Waals surface area contributed by atoms with Crippen LogP contribution in [0.5, 0.6) is 0 Å². The van der Waals surface area contributed by atoms with E-state index in [0.29, 0.717) is 0 Å². The summed E-state index contributed by atoms with van der Waals surface area (Å²) in [5.41, 5.74) is 0. The van der Waals surface area contributed by atoms with Crippen molar-refractivity contribution < 1.29 is 0 Å². The number of hydrogen-bond acceptors (Lipinski definition) is 2. The van der Waals surface area contributed by atoms with E-state index in [-0.39, 0.29) is 0 Å². The average molecular weight is 190 g/mol. The minimum Gasteiger partial charge on any atom is -0.366 e. The van der Waals surface area contributed by atoms with Gasteiger partial charge in [-0.05, 0) is 24.9 Å². The predicted molar refractivity (Wildman–Crippen MR) is 55.2 cm³/mol. The van der Waals surface area contributed by atoms with Gasteiger partial charge in [0.1, 0.15) is 0 Å². The maximum atomic E-state index is 5.12. The van der Waals surface area contributed by atoms with E-state index in [9.17, 15) is 0 Å². The van der Waals surface area contributed by atoms with Crippen LogP contribution in [0, 0.1) is 0 Å². The van der Waals surface area contributed by atoms with Crippen molar-refractivity contribution in [3.8, 4) is 0 Å². The molecule has 1 fully saturated rings. The highest BCUT2D eigenvalue weighted by Crippen LogP contribution is 2.19. The monoisotopic (exact) mass is 190 g/mol. The molecule has 0 radical (unpaired) electrons. The summed E-state index contributed by atoms with van der Waals surface area (Å²) in [7, 11) is 1.88. The molecule has 0 saturated carbocycles. The first-order valence-corrected chi connectivity index (χ1v) is 5.47. The van der Waals surface area contributed by atoms with Crippen LogP contribution in [0.1, 0.15) is 6.42 Å². The van der Waals surface area contributed by atoms with E-state index in [1.165, 1.54) is 6.42 Å². The summed E-state index contributed by atoms with van der Waals surface area (Å²) in [4.78, 5) is 2.23. The molecule has 2 nitrogen and oxygen atoms in total. The second kappa shape index (κ2) is 4.16. The number of hydrogen-bond donors (Lipinski definition) is 1. The number of thiocarbonyl (C=S) groups is 1. The first kappa shape index (κ1) is 9.13. The maximum absolute atomic E-state index is 5.12. The first-order valence-electron chi connectivity index (χ1n) is 3.77. The molecule has 1 aliphatic rings. The van der Waals surface area contributed by atoms with Gasteiger partial charge in [0, 0.05) is 25.4 Å². The zero-order valence-corrected chi connectivity index (χ0v) is 8.60. The summed E-state index contributed by atoms with van der Waals surface area (Å²) in [6, 6.07) is 0. The molecule has 1 aliphatic heterocycles. The van der Waals surface area contributed by atoms with Gasteiger partial charge in [0.15, 0.2) is 5.11 Å². The minimum absolute atomic E-state index is 0.779. The Bertz CT molecular complexity index is 149. The minimum atomic E-state index is 0.779. The number of thioether (sulfide) groups is 1. The van der Waals surface area contributed by atoms with Crippen LogP contribution in [-0.2, 0) is 0 Å². The quantitative estimate of drug-likeness (QED) is 0.618. The predicted octanol–water partition coefficient (Wildman–Crippen LogP) is 0.928. The zero-order valence-electron chi connectivity index (χ0n) is 6.96. The van der Waals surface area contributed by atoms with Crippen LogP contribution in [0.4, 0.5) is 0 Å². The summed E-state index contributed by atoms with van der Waals surface area (Å²) in [5, 5.41) is 4.67. The zero-order chi connectivity index (χ0) is 8.27. The van der Waals surface area contributed by atoms with E-state index in [1.54, 1.807) is 0 Å². The molecule has 1 saturated heterocycles. The molecular weight excluding hydrogens is 176 g/mol. The van der Waals surface area contributed by atoms with Crippen molar-refractivity contribution in [1.82, 2.24) is 10.2 Å². The Kier molecular flexibility index (Phi) is 3.45. The summed E-state index contributed by atoms with van der Waals surface area (Å²) in [5.74, 6) is 0. The highest BCUT2D eigenvalue weighted by atomic mass is 32.2. The van der Waals surface area contributed by atoms with E-state index in [2.05, 4.69) is 16.5 Å². The summed E-state index contributed by atoms with van der Waals surface area (Å²) >= 11 is 7.06. The van der Waals surface area contributed by atoms with Crippen LogP contribution in [0.25, 0.3) is 0 Å². The van der Waals surface area contributed by atoms with Crippen molar-refractivity contribution >= 4 is 29.1 Å². The second-order valence-corrected chi connectivity index (χ2v) is 4.17. The lowest BCUT2D eigenvalue weighted by molar-refractivity contribution is 0.514. The van der Waals surface area contributed by atoms with Crippen molar-refractivity contribution in [2.45, 2.75) is 11.7 Å². The fraction of sp³-hybridized carbons (Fsp3) is 0.857. The van der Waals surface area contributed by atoms with E-state index in [4.69, 9.17) is 12.2 Å². The number of nitrogens with zero attached hydrogens (tertiary/aromatic N) is 1. The van der Waals surface area contributed by atoms with E-state index in [0.717, 1.165) is 23.5 Å². The van der Waals surface area contributed by atoms with Gasteiger partial charge < -0.3 is 10.2 Å². The molecule has 1 heterocycles. The summed E-state index contributed by atoms with van der Waals surface area (Å²) < 4.78 is 0. The SMILES string of the molecule is CNC(=S)N1CCC(SC)C1. The van der Waals surface area contributed by atoms with Crippen molar-refractivity contribution in [3.05, 3.63) is 0 Å². The molecule has 0 bridgehead atoms. The van der Waals surface area contributed by atoms with Crippen LogP contribution in [0.2, 0.25) is 0 Å². The second-order valence-electron chi connectivity index (χ2n) is 2.65. The van der Waals surface area contributed by atoms with Gasteiger partial charge in [-0.15, -0.1) is 0 Å². The smallest absolute Gasteiger partial charge is 0.168 e. The number of nitrogens with one attached hydrogen (secondary N) is 1. The topological polar surface area (TPSA) is 15.3 Å². The lowest BCUT2D eigenvalue weighted by atomic mass is 10.4. The van der Waals surface area contributed by atoms with Crippen LogP contribution >= 0.6 is 24.0 Å². The van der Waals surface area contributed by atoms with Crippen molar-refractivity contribution in [2.24, 2.45) is 0 Å². The Balaban J connectivity index is 2.35. The third-order valence-electron chi connectivity index (χ3n) is 1.98. The van der Waals surface area contributed by atoms with Crippen molar-refractivity contribution in [3.63, 3.8) is 0 Å². The largest absolute Gasteiger partial charge is 0.366 e. The van der Waals surface area contributed by atoms with Gasteiger partial charge in [0.25, 0.3) is 0 Å². The molecule has 64 valence electrons. The van der Waals surface area contributed by atoms with Crippen LogP contribution in [0.15, 0.2) is 0 Å². The maximum Gasteiger partial charge on any atom is 0.168 e. The highest BCUT2D eigenvalue weighted by Gasteiger charge is 2.22. The molecule has 1 N–H and O–H groups in total. The van der Waals surface area contributed by atoms with Gasteiger partial charge in [0.05, 0.1) is 0 Å². The van der Waals surface area contributed by atoms with Gasteiger partial charge in [0.2, 0.25) is 0 Å². The molecule has 1 atom stereocenters. The van der Waals surface area contributed by atoms with E-state index < -0.39 is 0 Å². The average Bonchev–Trinajstić information content (AvgIpc) is 2.50. The molecule has 4 heteroatoms. The third-order valence-corrected chi connectivity index (χ3v) is 3.49. The Hall–Kier alpha value is 0.0400. The first-order chi connectivity index (χ1) is 5.27. The van der Waals surface area contributed by atoms with Gasteiger partial charge in [-0.25, -0.2) is 0 Å². The van der Waals surface area contributed by atoms with Crippen LogP contribution in [0.3, 0.4) is 0 Å². The van der Waals surface area contributed by atoms with Crippen molar-refractivity contribution in [2.75, 3.05) is 26.4 Å². The van der Waals surface area contributed by atoms with Gasteiger partial charge in [-0.1, -0.05) is 0 Å². The molecule has 1 rings (SSSR count). The fourth-order valence-electron chi connectivity index (χ4n) is 1.26. The molecule has 0 aliphatic carbocycles. The Morgan fingerprint density at radius 1 is 1.73 bits per heavy atom. The molecule has 0 aromatic heterocycles. The van der Waals surface area contributed by atoms with Crippen LogP contribution < -0.4 is 5.32 Å². The number of rotatable bonds is 1. The fourth-order valence-corrected chi connectivity index (χ4v) is 2.10. The lowest BCUT2D eigenvalue weighted by Gasteiger charge is -2.17. The number of likely N-dealkylation sites (tertiary alicyclic amines) is 1. The van der Waals surface area contributed by atoms with Crippen molar-refractivity contribution in [1.29, 1.82) is 0 Å². The Labute approximate surface area is 77.7 Å². The molecule has 0 aromatic carbocycles. The standard InChI is InChI=1S/C7H14N2S2/c1-8-7(10)9-4-3-6(5-9)11-2/h6H,3-5H2,1-2H3,(H,8,10). The third kappa shape index (κ3) is 2.24. The summed E-state index contributed by atoms with van der Waals surface area (Å²) in [6.07, 6.45) is 3.43. The van der Waals surface area contributed by atoms with E-state index >= 15 is 0 Å². The Morgan fingerprint density at radius 3 is 2.91 bits per heavy atom. The molecule has 0 aromatic rings. The highest BCUT2D eigenvalue weighted by molar-refractivity contribution is 7.99. The normalized spacial score (nSPS) is 23.8. The molecule has 0 spiro atoms. The molecule has 1 unspecified atom stereocenters. The van der Waals surface area contributed by atoms with E-state index in [1.807, 2.05) is 18.8 Å². The van der Waals surface area contributed by atoms with Gasteiger partial charge in [-0.3, -0.25) is 0 Å². The molecular formula is C7H14N2S2. The van der Waals surface area contributed by atoms with Gasteiger partial charge in [-0.2, -0.15) is 11.8 Å². The van der Waals surface area contributed by atoms with Crippen LogP contribution in [-0.4, -0.2) is 41.7 Å². The Morgan fingerprint density at radius 2 is 2.45 bits per heavy atom. The van der Waals surface area contributed by atoms with Gasteiger partial charge >= 0.3 is 0 Å². The summed E-state index contributed by atoms with van der Waals surface area (Å²) in [6.45, 7) is 2.23. The lowest BCUT2D eigenvalue weighted by Crippen LogP contribution is -2.36. The molecule has 0 amide bonds.